The molecule has 0 aromatic carbocycles. The minimum absolute atomic E-state index is 0.222. The quantitative estimate of drug-likeness (QED) is 0.381. The largest absolute Gasteiger partial charge is 0.409 e. The molecule has 0 unspecified atom stereocenters. The summed E-state index contributed by atoms with van der Waals surface area (Å²) < 4.78 is 1.11. The predicted octanol–water partition coefficient (Wildman–Crippen LogP) is 1.69. The van der Waals surface area contributed by atoms with E-state index in [1.807, 2.05) is 23.4 Å². The third kappa shape index (κ3) is 3.28. The Labute approximate surface area is 95.1 Å². The van der Waals surface area contributed by atoms with E-state index in [4.69, 9.17) is 10.9 Å². The molecule has 1 heterocycles. The monoisotopic (exact) mass is 277 g/mol. The maximum Gasteiger partial charge on any atom is 0.153 e. The van der Waals surface area contributed by atoms with E-state index in [0.29, 0.717) is 6.54 Å². The van der Waals surface area contributed by atoms with Gasteiger partial charge in [-0.05, 0) is 34.4 Å². The van der Waals surface area contributed by atoms with Gasteiger partial charge in [0.1, 0.15) is 0 Å². The molecule has 14 heavy (non-hydrogen) atoms. The molecule has 3 N–H and O–H groups in total. The number of oxime groups is 1. The molecular weight excluding hydrogens is 266 g/mol. The molecule has 0 atom stereocenters. The fourth-order valence-corrected chi connectivity index (χ4v) is 2.60. The van der Waals surface area contributed by atoms with Gasteiger partial charge in [-0.25, -0.2) is 0 Å². The number of nitrogens with zero attached hydrogens (tertiary/aromatic N) is 2. The maximum absolute atomic E-state index is 8.39. The summed E-state index contributed by atoms with van der Waals surface area (Å²) in [7, 11) is 1.92. The predicted molar refractivity (Wildman–Crippen MR) is 61.8 cm³/mol. The molecule has 6 heteroatoms. The Morgan fingerprint density at radius 3 is 3.00 bits per heavy atom. The van der Waals surface area contributed by atoms with E-state index < -0.39 is 0 Å². The molecule has 1 aromatic heterocycles. The van der Waals surface area contributed by atoms with Crippen molar-refractivity contribution in [1.82, 2.24) is 4.90 Å². The van der Waals surface area contributed by atoms with Crippen LogP contribution in [0.3, 0.4) is 0 Å². The molecule has 1 rings (SSSR count). The van der Waals surface area contributed by atoms with Crippen LogP contribution in [-0.2, 0) is 6.54 Å². The third-order valence-corrected chi connectivity index (χ3v) is 3.58. The Morgan fingerprint density at radius 2 is 2.50 bits per heavy atom. The molecular formula is C8H12BrN3OS. The van der Waals surface area contributed by atoms with Gasteiger partial charge in [0.25, 0.3) is 0 Å². The number of hydrogen-bond donors (Lipinski definition) is 2. The fraction of sp³-hybridized carbons (Fsp3) is 0.375. The van der Waals surface area contributed by atoms with Crippen molar-refractivity contribution >= 4 is 33.1 Å². The number of halogens is 1. The summed E-state index contributed by atoms with van der Waals surface area (Å²) in [5, 5.41) is 13.3. The van der Waals surface area contributed by atoms with Crippen molar-refractivity contribution in [3.8, 4) is 0 Å². The first-order chi connectivity index (χ1) is 6.63. The van der Waals surface area contributed by atoms with Crippen molar-refractivity contribution < 1.29 is 5.21 Å². The van der Waals surface area contributed by atoms with Gasteiger partial charge in [0, 0.05) is 15.9 Å². The summed E-state index contributed by atoms with van der Waals surface area (Å²) in [6, 6.07) is 2.01. The lowest BCUT2D eigenvalue weighted by molar-refractivity contribution is 0.308. The normalized spacial score (nSPS) is 12.4. The highest BCUT2D eigenvalue weighted by molar-refractivity contribution is 9.10. The molecule has 1 aromatic rings. The average molecular weight is 278 g/mol. The lowest BCUT2D eigenvalue weighted by Gasteiger charge is -2.14. The molecule has 0 spiro atoms. The molecule has 0 radical (unpaired) electrons. The molecule has 0 amide bonds. The second-order valence-corrected chi connectivity index (χ2v) is 4.81. The van der Waals surface area contributed by atoms with Crippen LogP contribution >= 0.6 is 27.3 Å². The van der Waals surface area contributed by atoms with E-state index in [1.165, 1.54) is 4.88 Å². The number of amidine groups is 1. The Balaban J connectivity index is 2.49. The zero-order valence-electron chi connectivity index (χ0n) is 7.77. The molecule has 78 valence electrons. The summed E-state index contributed by atoms with van der Waals surface area (Å²) in [6.07, 6.45) is 0. The van der Waals surface area contributed by atoms with Gasteiger partial charge in [-0.1, -0.05) is 5.16 Å². The van der Waals surface area contributed by atoms with Crippen molar-refractivity contribution in [2.24, 2.45) is 10.9 Å². The molecule has 0 fully saturated rings. The summed E-state index contributed by atoms with van der Waals surface area (Å²) in [5.41, 5.74) is 5.39. The standard InChI is InChI=1S/C8H12BrN3OS/c1-12(5-8(10)11-13)4-7-6(9)2-3-14-7/h2-3,13H,4-5H2,1H3,(H2,10,11). The minimum atomic E-state index is 0.222. The lowest BCUT2D eigenvalue weighted by atomic mass is 10.4. The van der Waals surface area contributed by atoms with Crippen molar-refractivity contribution in [2.75, 3.05) is 13.6 Å². The van der Waals surface area contributed by atoms with Crippen molar-refractivity contribution in [3.05, 3.63) is 20.8 Å². The molecule has 4 nitrogen and oxygen atoms in total. The topological polar surface area (TPSA) is 61.8 Å². The average Bonchev–Trinajstić information content (AvgIpc) is 2.51. The highest BCUT2D eigenvalue weighted by Gasteiger charge is 2.06. The summed E-state index contributed by atoms with van der Waals surface area (Å²) in [5.74, 6) is 0.222. The Hall–Kier alpha value is -0.590. The lowest BCUT2D eigenvalue weighted by Crippen LogP contribution is -2.30. The first-order valence-electron chi connectivity index (χ1n) is 4.00. The first kappa shape index (κ1) is 11.5. The molecule has 0 bridgehead atoms. The van der Waals surface area contributed by atoms with Crippen molar-refractivity contribution in [2.45, 2.75) is 6.54 Å². The number of thiophene rings is 1. The zero-order chi connectivity index (χ0) is 10.6. The van der Waals surface area contributed by atoms with Crippen LogP contribution in [0.5, 0.6) is 0 Å². The smallest absolute Gasteiger partial charge is 0.153 e. The maximum atomic E-state index is 8.39. The SMILES string of the molecule is CN(CC(N)=NO)Cc1sccc1Br. The number of nitrogens with two attached hydrogens (primary N) is 1. The van der Waals surface area contributed by atoms with E-state index in [9.17, 15) is 0 Å². The van der Waals surface area contributed by atoms with E-state index in [2.05, 4.69) is 21.1 Å². The Morgan fingerprint density at radius 1 is 1.79 bits per heavy atom. The van der Waals surface area contributed by atoms with E-state index in [0.717, 1.165) is 11.0 Å². The zero-order valence-corrected chi connectivity index (χ0v) is 10.2. The van der Waals surface area contributed by atoms with Gasteiger partial charge in [-0.3, -0.25) is 4.90 Å². The van der Waals surface area contributed by atoms with Crippen LogP contribution < -0.4 is 5.73 Å². The molecule has 0 aliphatic rings. The van der Waals surface area contributed by atoms with Gasteiger partial charge in [0.2, 0.25) is 0 Å². The van der Waals surface area contributed by atoms with E-state index >= 15 is 0 Å². The number of hydrogen-bond acceptors (Lipinski definition) is 4. The van der Waals surface area contributed by atoms with Crippen LogP contribution in [-0.4, -0.2) is 29.5 Å². The van der Waals surface area contributed by atoms with Crippen LogP contribution in [0.25, 0.3) is 0 Å². The third-order valence-electron chi connectivity index (χ3n) is 1.66. The van der Waals surface area contributed by atoms with Crippen LogP contribution in [0.15, 0.2) is 21.1 Å². The molecule has 0 saturated heterocycles. The van der Waals surface area contributed by atoms with Gasteiger partial charge in [-0.15, -0.1) is 11.3 Å². The highest BCUT2D eigenvalue weighted by Crippen LogP contribution is 2.23. The van der Waals surface area contributed by atoms with Crippen LogP contribution in [0.4, 0.5) is 0 Å². The van der Waals surface area contributed by atoms with Crippen LogP contribution in [0.1, 0.15) is 4.88 Å². The van der Waals surface area contributed by atoms with Gasteiger partial charge >= 0.3 is 0 Å². The summed E-state index contributed by atoms with van der Waals surface area (Å²) in [6.45, 7) is 1.25. The Bertz CT molecular complexity index is 326. The van der Waals surface area contributed by atoms with Crippen LogP contribution in [0.2, 0.25) is 0 Å². The van der Waals surface area contributed by atoms with E-state index in [1.54, 1.807) is 11.3 Å². The molecule has 0 aliphatic carbocycles. The van der Waals surface area contributed by atoms with Crippen LogP contribution in [0, 0.1) is 0 Å². The first-order valence-corrected chi connectivity index (χ1v) is 5.67. The minimum Gasteiger partial charge on any atom is -0.409 e. The van der Waals surface area contributed by atoms with E-state index in [-0.39, 0.29) is 5.84 Å². The summed E-state index contributed by atoms with van der Waals surface area (Å²) >= 11 is 5.13. The molecule has 0 aliphatic heterocycles. The van der Waals surface area contributed by atoms with Gasteiger partial charge in [-0.2, -0.15) is 0 Å². The number of rotatable bonds is 4. The van der Waals surface area contributed by atoms with Gasteiger partial charge in [0.05, 0.1) is 6.54 Å². The van der Waals surface area contributed by atoms with Gasteiger partial charge in [0.15, 0.2) is 5.84 Å². The fourth-order valence-electron chi connectivity index (χ4n) is 1.05. The summed E-state index contributed by atoms with van der Waals surface area (Å²) in [4.78, 5) is 3.21. The van der Waals surface area contributed by atoms with Crippen molar-refractivity contribution in [1.29, 1.82) is 0 Å². The second kappa shape index (κ2) is 5.33. The second-order valence-electron chi connectivity index (χ2n) is 2.96. The highest BCUT2D eigenvalue weighted by atomic mass is 79.9. The van der Waals surface area contributed by atoms with Crippen molar-refractivity contribution in [3.63, 3.8) is 0 Å². The number of likely N-dealkylation sites (N-methyl/N-ethyl adjacent to an activating group) is 1. The molecule has 0 saturated carbocycles. The Kier molecular flexibility index (Phi) is 4.37. The van der Waals surface area contributed by atoms with Gasteiger partial charge < -0.3 is 10.9 Å².